The normalized spacial score (nSPS) is 14.4. The highest BCUT2D eigenvalue weighted by Gasteiger charge is 2.28. The maximum Gasteiger partial charge on any atom is 0.356 e. The zero-order chi connectivity index (χ0) is 13.3. The number of hydrogen-bond donors (Lipinski definition) is 1. The number of rotatable bonds is 3. The lowest BCUT2D eigenvalue weighted by Crippen LogP contribution is -2.38. The van der Waals surface area contributed by atoms with Gasteiger partial charge in [0, 0.05) is 26.3 Å². The maximum atomic E-state index is 11.7. The van der Waals surface area contributed by atoms with Crippen molar-refractivity contribution >= 4 is 11.9 Å². The van der Waals surface area contributed by atoms with Crippen LogP contribution in [-0.2, 0) is 29.5 Å². The van der Waals surface area contributed by atoms with Crippen molar-refractivity contribution in [2.24, 2.45) is 7.05 Å². The molecule has 18 heavy (non-hydrogen) atoms. The molecule has 1 N–H and O–H groups in total. The molecule has 0 fully saturated rings. The largest absolute Gasteiger partial charge is 0.476 e. The molecule has 7 nitrogen and oxygen atoms in total. The first-order valence-electron chi connectivity index (χ1n) is 5.59. The minimum absolute atomic E-state index is 0.0406. The molecule has 0 aromatic carbocycles. The summed E-state index contributed by atoms with van der Waals surface area (Å²) in [4.78, 5) is 24.4. The number of ether oxygens (including phenoxy) is 1. The smallest absolute Gasteiger partial charge is 0.356 e. The summed E-state index contributed by atoms with van der Waals surface area (Å²) in [5.74, 6) is -1.12. The molecule has 1 aliphatic rings. The SMILES string of the molecule is COCC(=O)N1CCc2c(C(=O)O)nn(C)c2C1. The Morgan fingerprint density at radius 1 is 1.50 bits per heavy atom. The van der Waals surface area contributed by atoms with Gasteiger partial charge < -0.3 is 14.7 Å². The van der Waals surface area contributed by atoms with E-state index in [0.717, 1.165) is 11.3 Å². The van der Waals surface area contributed by atoms with Crippen molar-refractivity contribution in [3.8, 4) is 0 Å². The first-order chi connectivity index (χ1) is 8.54. The Labute approximate surface area is 104 Å². The van der Waals surface area contributed by atoms with Crippen molar-refractivity contribution in [3.63, 3.8) is 0 Å². The zero-order valence-corrected chi connectivity index (χ0v) is 10.3. The Morgan fingerprint density at radius 3 is 2.83 bits per heavy atom. The van der Waals surface area contributed by atoms with Gasteiger partial charge in [-0.15, -0.1) is 0 Å². The summed E-state index contributed by atoms with van der Waals surface area (Å²) >= 11 is 0. The number of aromatic carboxylic acids is 1. The van der Waals surface area contributed by atoms with Crippen molar-refractivity contribution in [2.75, 3.05) is 20.3 Å². The van der Waals surface area contributed by atoms with E-state index in [1.165, 1.54) is 11.8 Å². The second-order valence-electron chi connectivity index (χ2n) is 4.20. The van der Waals surface area contributed by atoms with Crippen LogP contribution in [0.4, 0.5) is 0 Å². The van der Waals surface area contributed by atoms with E-state index in [0.29, 0.717) is 19.5 Å². The maximum absolute atomic E-state index is 11.7. The minimum atomic E-state index is -1.02. The average Bonchev–Trinajstić information content (AvgIpc) is 2.67. The van der Waals surface area contributed by atoms with Crippen LogP contribution in [0.15, 0.2) is 0 Å². The molecule has 0 aliphatic carbocycles. The topological polar surface area (TPSA) is 84.7 Å². The van der Waals surface area contributed by atoms with Gasteiger partial charge in [0.25, 0.3) is 0 Å². The number of nitrogens with zero attached hydrogens (tertiary/aromatic N) is 3. The molecule has 0 saturated carbocycles. The quantitative estimate of drug-likeness (QED) is 0.795. The van der Waals surface area contributed by atoms with Crippen LogP contribution in [0, 0.1) is 0 Å². The number of amides is 1. The summed E-state index contributed by atoms with van der Waals surface area (Å²) in [7, 11) is 3.16. The zero-order valence-electron chi connectivity index (χ0n) is 10.3. The summed E-state index contributed by atoms with van der Waals surface area (Å²) in [6, 6.07) is 0. The van der Waals surface area contributed by atoms with Crippen LogP contribution in [0.2, 0.25) is 0 Å². The van der Waals surface area contributed by atoms with Crippen LogP contribution >= 0.6 is 0 Å². The Morgan fingerprint density at radius 2 is 2.22 bits per heavy atom. The highest BCUT2D eigenvalue weighted by Crippen LogP contribution is 2.22. The third kappa shape index (κ3) is 2.08. The van der Waals surface area contributed by atoms with Gasteiger partial charge in [0.05, 0.1) is 12.2 Å². The lowest BCUT2D eigenvalue weighted by molar-refractivity contribution is -0.136. The van der Waals surface area contributed by atoms with Gasteiger partial charge in [-0.05, 0) is 6.42 Å². The number of aromatic nitrogens is 2. The van der Waals surface area contributed by atoms with Gasteiger partial charge in [-0.3, -0.25) is 9.48 Å². The van der Waals surface area contributed by atoms with Gasteiger partial charge in [-0.2, -0.15) is 5.10 Å². The van der Waals surface area contributed by atoms with Gasteiger partial charge in [-0.25, -0.2) is 4.79 Å². The lowest BCUT2D eigenvalue weighted by atomic mass is 10.0. The fourth-order valence-electron chi connectivity index (χ4n) is 2.17. The van der Waals surface area contributed by atoms with Crippen LogP contribution in [0.25, 0.3) is 0 Å². The first-order valence-corrected chi connectivity index (χ1v) is 5.59. The van der Waals surface area contributed by atoms with E-state index in [2.05, 4.69) is 5.10 Å². The molecule has 1 aromatic rings. The number of carboxylic acids is 1. The number of carboxylic acid groups (broad SMARTS) is 1. The molecule has 0 spiro atoms. The summed E-state index contributed by atoms with van der Waals surface area (Å²) < 4.78 is 6.34. The second-order valence-corrected chi connectivity index (χ2v) is 4.20. The Kier molecular flexibility index (Phi) is 3.33. The standard InChI is InChI=1S/C11H15N3O4/c1-13-8-5-14(9(15)6-18-2)4-3-7(8)10(12-13)11(16)17/h3-6H2,1-2H3,(H,16,17). The van der Waals surface area contributed by atoms with Gasteiger partial charge in [0.15, 0.2) is 5.69 Å². The molecule has 98 valence electrons. The van der Waals surface area contributed by atoms with Gasteiger partial charge in [0.2, 0.25) is 5.91 Å². The Hall–Kier alpha value is -1.89. The van der Waals surface area contributed by atoms with E-state index in [-0.39, 0.29) is 18.2 Å². The lowest BCUT2D eigenvalue weighted by Gasteiger charge is -2.27. The van der Waals surface area contributed by atoms with Crippen molar-refractivity contribution in [3.05, 3.63) is 17.0 Å². The predicted molar refractivity (Wildman–Crippen MR) is 61.2 cm³/mol. The molecule has 1 aromatic heterocycles. The number of fused-ring (bicyclic) bond motifs is 1. The highest BCUT2D eigenvalue weighted by atomic mass is 16.5. The van der Waals surface area contributed by atoms with E-state index in [9.17, 15) is 9.59 Å². The monoisotopic (exact) mass is 253 g/mol. The summed E-state index contributed by atoms with van der Waals surface area (Å²) in [5, 5.41) is 13.0. The molecular formula is C11H15N3O4. The summed E-state index contributed by atoms with van der Waals surface area (Å²) in [6.45, 7) is 0.925. The van der Waals surface area contributed by atoms with Crippen LogP contribution in [0.1, 0.15) is 21.7 Å². The van der Waals surface area contributed by atoms with Gasteiger partial charge in [-0.1, -0.05) is 0 Å². The highest BCUT2D eigenvalue weighted by molar-refractivity contribution is 5.87. The molecule has 2 heterocycles. The second kappa shape index (κ2) is 4.77. The number of aryl methyl sites for hydroxylation is 1. The fourth-order valence-corrected chi connectivity index (χ4v) is 2.17. The number of methoxy groups -OCH3 is 1. The van der Waals surface area contributed by atoms with E-state index in [4.69, 9.17) is 9.84 Å². The van der Waals surface area contributed by atoms with Crippen molar-refractivity contribution < 1.29 is 19.4 Å². The molecule has 1 aliphatic heterocycles. The Balaban J connectivity index is 2.25. The number of carbonyl (C=O) groups excluding carboxylic acids is 1. The third-order valence-corrected chi connectivity index (χ3v) is 3.07. The van der Waals surface area contributed by atoms with Crippen molar-refractivity contribution in [1.82, 2.24) is 14.7 Å². The van der Waals surface area contributed by atoms with Crippen LogP contribution in [0.5, 0.6) is 0 Å². The van der Waals surface area contributed by atoms with E-state index in [1.807, 2.05) is 0 Å². The first kappa shape index (κ1) is 12.6. The van der Waals surface area contributed by atoms with Crippen molar-refractivity contribution in [1.29, 1.82) is 0 Å². The van der Waals surface area contributed by atoms with Crippen LogP contribution < -0.4 is 0 Å². The molecule has 0 saturated heterocycles. The Bertz CT molecular complexity index is 495. The number of hydrogen-bond acceptors (Lipinski definition) is 4. The minimum Gasteiger partial charge on any atom is -0.476 e. The molecule has 0 atom stereocenters. The van der Waals surface area contributed by atoms with E-state index in [1.54, 1.807) is 11.9 Å². The molecule has 0 unspecified atom stereocenters. The third-order valence-electron chi connectivity index (χ3n) is 3.07. The number of carbonyl (C=O) groups is 2. The van der Waals surface area contributed by atoms with Crippen LogP contribution in [0.3, 0.4) is 0 Å². The molecule has 1 amide bonds. The summed E-state index contributed by atoms with van der Waals surface area (Å²) in [6.07, 6.45) is 0.514. The molecule has 0 bridgehead atoms. The predicted octanol–water partition coefficient (Wildman–Crippen LogP) is -0.351. The van der Waals surface area contributed by atoms with E-state index < -0.39 is 5.97 Å². The molecular weight excluding hydrogens is 238 g/mol. The fraction of sp³-hybridized carbons (Fsp3) is 0.545. The molecule has 0 radical (unpaired) electrons. The van der Waals surface area contributed by atoms with E-state index >= 15 is 0 Å². The molecule has 2 rings (SSSR count). The van der Waals surface area contributed by atoms with Gasteiger partial charge in [0.1, 0.15) is 6.61 Å². The molecule has 7 heteroatoms. The van der Waals surface area contributed by atoms with Crippen LogP contribution in [-0.4, -0.2) is 51.9 Å². The summed E-state index contributed by atoms with van der Waals surface area (Å²) in [5.41, 5.74) is 1.60. The van der Waals surface area contributed by atoms with Gasteiger partial charge >= 0.3 is 5.97 Å². The van der Waals surface area contributed by atoms with Crippen molar-refractivity contribution in [2.45, 2.75) is 13.0 Å². The average molecular weight is 253 g/mol.